The predicted octanol–water partition coefficient (Wildman–Crippen LogP) is 4.36. The van der Waals surface area contributed by atoms with E-state index in [2.05, 4.69) is 15.3 Å². The fourth-order valence-electron chi connectivity index (χ4n) is 4.27. The molecular formula is C22H26F3N5O3. The number of nitrogens with one attached hydrogen (secondary N) is 1. The molecule has 4 rings (SSSR count). The molecular weight excluding hydrogens is 439 g/mol. The second-order valence-electron chi connectivity index (χ2n) is 8.11. The van der Waals surface area contributed by atoms with Crippen LogP contribution in [0.4, 0.5) is 35.4 Å². The molecule has 0 atom stereocenters. The molecule has 2 aromatic rings. The molecule has 0 bridgehead atoms. The molecule has 0 radical (unpaired) electrons. The van der Waals surface area contributed by atoms with Gasteiger partial charge < -0.3 is 14.8 Å². The van der Waals surface area contributed by atoms with Crippen molar-refractivity contribution in [2.45, 2.75) is 50.6 Å². The first-order valence-corrected chi connectivity index (χ1v) is 10.7. The van der Waals surface area contributed by atoms with Crippen molar-refractivity contribution in [2.24, 2.45) is 0 Å². The monoisotopic (exact) mass is 465 g/mol. The van der Waals surface area contributed by atoms with Crippen LogP contribution in [0.3, 0.4) is 0 Å². The minimum atomic E-state index is -4.40. The largest absolute Gasteiger partial charge is 0.497 e. The molecule has 2 heterocycles. The standard InChI is InChI=1S/C22H26F3N5O3/c1-32-17-7-3-15(4-8-17)29-12-14-11-26-20(27-13-22(23,24)25)28-19(14)30(21(29)31)16-5-9-18(33-2)10-6-16/h3-4,7-8,11,16,18H,5-6,9-10,12-13H2,1-2H3,(H,26,27,28). The molecule has 1 aliphatic heterocycles. The number of anilines is 3. The average molecular weight is 465 g/mol. The van der Waals surface area contributed by atoms with Gasteiger partial charge in [0.1, 0.15) is 18.1 Å². The number of urea groups is 1. The Hall–Kier alpha value is -3.08. The number of carbonyl (C=O) groups excluding carboxylic acids is 1. The molecule has 8 nitrogen and oxygen atoms in total. The summed E-state index contributed by atoms with van der Waals surface area (Å²) in [5, 5.41) is 2.21. The summed E-state index contributed by atoms with van der Waals surface area (Å²) >= 11 is 0. The zero-order valence-electron chi connectivity index (χ0n) is 18.4. The van der Waals surface area contributed by atoms with Gasteiger partial charge in [0, 0.05) is 30.6 Å². The molecule has 1 N–H and O–H groups in total. The number of hydrogen-bond donors (Lipinski definition) is 1. The van der Waals surface area contributed by atoms with Crippen LogP contribution in [0.15, 0.2) is 30.5 Å². The number of fused-ring (bicyclic) bond motifs is 1. The van der Waals surface area contributed by atoms with E-state index in [1.54, 1.807) is 48.3 Å². The van der Waals surface area contributed by atoms with Crippen molar-refractivity contribution in [2.75, 3.05) is 35.9 Å². The van der Waals surface area contributed by atoms with E-state index in [-0.39, 0.29) is 30.7 Å². The van der Waals surface area contributed by atoms with Crippen LogP contribution >= 0.6 is 0 Å². The Morgan fingerprint density at radius 3 is 2.42 bits per heavy atom. The van der Waals surface area contributed by atoms with Crippen molar-refractivity contribution >= 4 is 23.5 Å². The molecule has 0 spiro atoms. The molecule has 178 valence electrons. The van der Waals surface area contributed by atoms with Crippen LogP contribution in [-0.2, 0) is 11.3 Å². The summed E-state index contributed by atoms with van der Waals surface area (Å²) in [5.41, 5.74) is 1.35. The Kier molecular flexibility index (Phi) is 6.59. The average Bonchev–Trinajstić information content (AvgIpc) is 2.82. The van der Waals surface area contributed by atoms with Crippen LogP contribution in [0, 0.1) is 0 Å². The normalized spacial score (nSPS) is 21.1. The van der Waals surface area contributed by atoms with Crippen molar-refractivity contribution < 1.29 is 27.4 Å². The van der Waals surface area contributed by atoms with Crippen molar-refractivity contribution in [1.29, 1.82) is 0 Å². The van der Waals surface area contributed by atoms with E-state index in [9.17, 15) is 18.0 Å². The van der Waals surface area contributed by atoms with Crippen molar-refractivity contribution in [3.05, 3.63) is 36.0 Å². The fourth-order valence-corrected chi connectivity index (χ4v) is 4.27. The maximum atomic E-state index is 13.7. The second kappa shape index (κ2) is 9.42. The molecule has 1 aromatic carbocycles. The Morgan fingerprint density at radius 2 is 1.82 bits per heavy atom. The molecule has 2 aliphatic rings. The van der Waals surface area contributed by atoms with Gasteiger partial charge in [-0.15, -0.1) is 0 Å². The number of aromatic nitrogens is 2. The van der Waals surface area contributed by atoms with Gasteiger partial charge in [-0.2, -0.15) is 18.2 Å². The SMILES string of the molecule is COc1ccc(N2Cc3cnc(NCC(F)(F)F)nc3N(C3CCC(OC)CC3)C2=O)cc1. The number of benzene rings is 1. The zero-order valence-corrected chi connectivity index (χ0v) is 18.4. The van der Waals surface area contributed by atoms with E-state index >= 15 is 0 Å². The second-order valence-corrected chi connectivity index (χ2v) is 8.11. The first kappa shape index (κ1) is 23.1. The molecule has 0 unspecified atom stereocenters. The van der Waals surface area contributed by atoms with Crippen LogP contribution < -0.4 is 19.9 Å². The van der Waals surface area contributed by atoms with Crippen LogP contribution in [0.1, 0.15) is 31.2 Å². The molecule has 1 aromatic heterocycles. The zero-order chi connectivity index (χ0) is 23.6. The lowest BCUT2D eigenvalue weighted by molar-refractivity contribution is -0.115. The van der Waals surface area contributed by atoms with Gasteiger partial charge in [-0.05, 0) is 49.9 Å². The van der Waals surface area contributed by atoms with Crippen molar-refractivity contribution in [1.82, 2.24) is 9.97 Å². The van der Waals surface area contributed by atoms with E-state index < -0.39 is 12.7 Å². The van der Waals surface area contributed by atoms with Gasteiger partial charge in [-0.25, -0.2) is 9.78 Å². The van der Waals surface area contributed by atoms with Gasteiger partial charge in [-0.1, -0.05) is 0 Å². The highest BCUT2D eigenvalue weighted by atomic mass is 19.4. The summed E-state index contributed by atoms with van der Waals surface area (Å²) in [6, 6.07) is 6.71. The third kappa shape index (κ3) is 5.13. The van der Waals surface area contributed by atoms with E-state index in [1.165, 1.54) is 6.20 Å². The summed E-state index contributed by atoms with van der Waals surface area (Å²) in [5.74, 6) is 0.861. The van der Waals surface area contributed by atoms with Crippen LogP contribution in [0.5, 0.6) is 5.75 Å². The highest BCUT2D eigenvalue weighted by Crippen LogP contribution is 2.36. The Balaban J connectivity index is 1.67. The van der Waals surface area contributed by atoms with Gasteiger partial charge in [0.05, 0.1) is 19.8 Å². The van der Waals surface area contributed by atoms with E-state index in [4.69, 9.17) is 9.47 Å². The molecule has 33 heavy (non-hydrogen) atoms. The number of ether oxygens (including phenoxy) is 2. The third-order valence-electron chi connectivity index (χ3n) is 6.01. The lowest BCUT2D eigenvalue weighted by Crippen LogP contribution is -2.53. The quantitative estimate of drug-likeness (QED) is 0.683. The first-order valence-electron chi connectivity index (χ1n) is 10.7. The van der Waals surface area contributed by atoms with Gasteiger partial charge in [0.25, 0.3) is 0 Å². The van der Waals surface area contributed by atoms with Crippen molar-refractivity contribution in [3.63, 3.8) is 0 Å². The molecule has 2 amide bonds. The lowest BCUT2D eigenvalue weighted by Gasteiger charge is -2.42. The van der Waals surface area contributed by atoms with Crippen LogP contribution in [0.2, 0.25) is 0 Å². The third-order valence-corrected chi connectivity index (χ3v) is 6.01. The molecule has 1 aliphatic carbocycles. The highest BCUT2D eigenvalue weighted by molar-refractivity contribution is 6.05. The van der Waals surface area contributed by atoms with E-state index in [0.29, 0.717) is 35.7 Å². The number of rotatable bonds is 6. The molecule has 1 saturated carbocycles. The molecule has 11 heteroatoms. The fraction of sp³-hybridized carbons (Fsp3) is 0.500. The molecule has 0 saturated heterocycles. The van der Waals surface area contributed by atoms with E-state index in [0.717, 1.165) is 12.8 Å². The first-order chi connectivity index (χ1) is 15.8. The number of amides is 2. The van der Waals surface area contributed by atoms with E-state index in [1.807, 2.05) is 0 Å². The summed E-state index contributed by atoms with van der Waals surface area (Å²) in [7, 11) is 3.24. The minimum Gasteiger partial charge on any atom is -0.497 e. The van der Waals surface area contributed by atoms with Crippen molar-refractivity contribution in [3.8, 4) is 5.75 Å². The van der Waals surface area contributed by atoms with Gasteiger partial charge in [0.15, 0.2) is 0 Å². The summed E-state index contributed by atoms with van der Waals surface area (Å²) < 4.78 is 48.6. The Labute approximate surface area is 189 Å². The molecule has 1 fully saturated rings. The Bertz CT molecular complexity index is 978. The lowest BCUT2D eigenvalue weighted by atomic mass is 9.91. The number of alkyl halides is 3. The van der Waals surface area contributed by atoms with Crippen LogP contribution in [0.25, 0.3) is 0 Å². The minimum absolute atomic E-state index is 0.132. The number of hydrogen-bond acceptors (Lipinski definition) is 6. The topological polar surface area (TPSA) is 79.8 Å². The smallest absolute Gasteiger partial charge is 0.405 e. The summed E-state index contributed by atoms with van der Waals surface area (Å²) in [6.07, 6.45) is 0.189. The maximum absolute atomic E-state index is 13.7. The number of halogens is 3. The number of carbonyl (C=O) groups is 1. The van der Waals surface area contributed by atoms with Gasteiger partial charge >= 0.3 is 12.2 Å². The van der Waals surface area contributed by atoms with Gasteiger partial charge in [-0.3, -0.25) is 9.80 Å². The predicted molar refractivity (Wildman–Crippen MR) is 117 cm³/mol. The summed E-state index contributed by atoms with van der Waals surface area (Å²) in [6.45, 7) is -1.04. The number of methoxy groups -OCH3 is 2. The van der Waals surface area contributed by atoms with Crippen LogP contribution in [-0.4, -0.2) is 55.1 Å². The Morgan fingerprint density at radius 1 is 1.12 bits per heavy atom. The maximum Gasteiger partial charge on any atom is 0.405 e. The number of nitrogens with zero attached hydrogens (tertiary/aromatic N) is 4. The van der Waals surface area contributed by atoms with Gasteiger partial charge in [0.2, 0.25) is 5.95 Å². The summed E-state index contributed by atoms with van der Waals surface area (Å²) in [4.78, 5) is 25.3. The highest BCUT2D eigenvalue weighted by Gasteiger charge is 2.39.